The first kappa shape index (κ1) is 34.8. The van der Waals surface area contributed by atoms with Crippen molar-refractivity contribution >= 4 is 28.9 Å². The minimum atomic E-state index is -3.77. The van der Waals surface area contributed by atoms with Crippen molar-refractivity contribution in [2.45, 2.75) is 147 Å². The SMILES string of the molecule is CCCCCCCCCCCc1ccc(SP([O-])([O-])=S)cc1CCCCCCCCCCC.[Zn+2]. The molecule has 1 aromatic rings. The smallest absolute Gasteiger partial charge is 0.824 e. The molecule has 0 fully saturated rings. The topological polar surface area (TPSA) is 46.1 Å². The van der Waals surface area contributed by atoms with Crippen molar-refractivity contribution in [2.24, 2.45) is 0 Å². The van der Waals surface area contributed by atoms with E-state index >= 15 is 0 Å². The Hall–Kier alpha value is 0.763. The summed E-state index contributed by atoms with van der Waals surface area (Å²) >= 11 is 5.46. The van der Waals surface area contributed by atoms with Crippen LogP contribution in [0.25, 0.3) is 0 Å². The number of aryl methyl sites for hydroxylation is 2. The van der Waals surface area contributed by atoms with Gasteiger partial charge in [0.05, 0.1) is 0 Å². The van der Waals surface area contributed by atoms with Gasteiger partial charge in [0.1, 0.15) is 0 Å². The molecule has 34 heavy (non-hydrogen) atoms. The van der Waals surface area contributed by atoms with Gasteiger partial charge in [-0.1, -0.05) is 123 Å². The van der Waals surface area contributed by atoms with Crippen molar-refractivity contribution in [1.82, 2.24) is 0 Å². The van der Waals surface area contributed by atoms with Gasteiger partial charge in [-0.3, -0.25) is 0 Å². The molecular weight excluding hydrogens is 529 g/mol. The minimum Gasteiger partial charge on any atom is -0.824 e. The molecule has 0 aliphatic carbocycles. The van der Waals surface area contributed by atoms with E-state index in [1.807, 2.05) is 6.07 Å². The molecule has 0 spiro atoms. The van der Waals surface area contributed by atoms with Crippen LogP contribution in [0.4, 0.5) is 0 Å². The van der Waals surface area contributed by atoms with Crippen LogP contribution in [0.2, 0.25) is 0 Å². The molecule has 0 atom stereocenters. The monoisotopic (exact) mass is 576 g/mol. The molecule has 0 unspecified atom stereocenters. The molecule has 0 bridgehead atoms. The number of rotatable bonds is 22. The van der Waals surface area contributed by atoms with Gasteiger partial charge in [0.15, 0.2) is 0 Å². The second-order valence-corrected chi connectivity index (χ2v) is 15.3. The van der Waals surface area contributed by atoms with Gasteiger partial charge in [-0.05, 0) is 48.9 Å². The fourth-order valence-electron chi connectivity index (χ4n) is 4.52. The maximum atomic E-state index is 11.6. The average molecular weight is 578 g/mol. The summed E-state index contributed by atoms with van der Waals surface area (Å²) in [6.45, 7) is 4.54. The van der Waals surface area contributed by atoms with Crippen LogP contribution in [0, 0.1) is 0 Å². The average Bonchev–Trinajstić information content (AvgIpc) is 2.77. The summed E-state index contributed by atoms with van der Waals surface area (Å²) in [7, 11) is 0. The first-order valence-corrected chi connectivity index (χ1v) is 17.9. The van der Waals surface area contributed by atoms with E-state index in [0.29, 0.717) is 0 Å². The molecule has 1 rings (SSSR count). The molecule has 0 saturated heterocycles. The summed E-state index contributed by atoms with van der Waals surface area (Å²) in [6, 6.07) is 6.20. The predicted molar refractivity (Wildman–Crippen MR) is 148 cm³/mol. The van der Waals surface area contributed by atoms with Crippen LogP contribution >= 0.6 is 17.1 Å². The number of hydrogen-bond donors (Lipinski definition) is 0. The van der Waals surface area contributed by atoms with Crippen molar-refractivity contribution in [2.75, 3.05) is 0 Å². The van der Waals surface area contributed by atoms with Crippen LogP contribution < -0.4 is 9.79 Å². The van der Waals surface area contributed by atoms with Crippen LogP contribution in [-0.2, 0) is 44.1 Å². The fourth-order valence-corrected chi connectivity index (χ4v) is 6.99. The van der Waals surface area contributed by atoms with E-state index < -0.39 is 5.69 Å². The summed E-state index contributed by atoms with van der Waals surface area (Å²) in [5.74, 6) is 0. The standard InChI is InChI=1S/C28H51O2PS2.Zn/c1-3-5-7-9-11-13-15-17-19-21-26-23-24-28(33-31(29,30)32)25-27(26)22-20-18-16-14-12-10-8-6-4-2;/h23-25H,3-22H2,1-2H3,(H2,29,30,32);/q;+2/p-2. The second kappa shape index (κ2) is 22.9. The van der Waals surface area contributed by atoms with Gasteiger partial charge < -0.3 is 9.79 Å². The van der Waals surface area contributed by atoms with Gasteiger partial charge in [0.2, 0.25) is 0 Å². The van der Waals surface area contributed by atoms with Crippen LogP contribution in [-0.4, -0.2) is 0 Å². The third kappa shape index (κ3) is 19.9. The first-order valence-electron chi connectivity index (χ1n) is 13.8. The molecule has 1 aromatic carbocycles. The summed E-state index contributed by atoms with van der Waals surface area (Å²) in [6.07, 6.45) is 26.2. The van der Waals surface area contributed by atoms with Crippen LogP contribution in [0.3, 0.4) is 0 Å². The van der Waals surface area contributed by atoms with Crippen LogP contribution in [0.1, 0.15) is 141 Å². The van der Waals surface area contributed by atoms with E-state index in [4.69, 9.17) is 0 Å². The molecule has 2 nitrogen and oxygen atoms in total. The van der Waals surface area contributed by atoms with Crippen molar-refractivity contribution in [3.63, 3.8) is 0 Å². The van der Waals surface area contributed by atoms with E-state index in [0.717, 1.165) is 29.1 Å². The maximum absolute atomic E-state index is 11.6. The first-order chi connectivity index (χ1) is 16.0. The predicted octanol–water partition coefficient (Wildman–Crippen LogP) is 8.87. The van der Waals surface area contributed by atoms with E-state index in [1.54, 1.807) is 0 Å². The van der Waals surface area contributed by atoms with Gasteiger partial charge in [0.25, 0.3) is 0 Å². The zero-order valence-electron chi connectivity index (χ0n) is 22.2. The van der Waals surface area contributed by atoms with Crippen LogP contribution in [0.5, 0.6) is 0 Å². The van der Waals surface area contributed by atoms with Crippen molar-refractivity contribution in [1.29, 1.82) is 0 Å². The van der Waals surface area contributed by atoms with Gasteiger partial charge in [-0.15, -0.1) is 23.2 Å². The zero-order valence-corrected chi connectivity index (χ0v) is 27.7. The summed E-state index contributed by atoms with van der Waals surface area (Å²) in [5, 5.41) is 0. The van der Waals surface area contributed by atoms with Crippen molar-refractivity contribution in [3.05, 3.63) is 29.3 Å². The van der Waals surface area contributed by atoms with E-state index in [1.165, 1.54) is 127 Å². The molecule has 0 aliphatic heterocycles. The summed E-state index contributed by atoms with van der Waals surface area (Å²) in [4.78, 5) is 24.0. The molecule has 6 heteroatoms. The van der Waals surface area contributed by atoms with Gasteiger partial charge in [-0.2, -0.15) is 5.69 Å². The molecule has 0 aromatic heterocycles. The van der Waals surface area contributed by atoms with Crippen molar-refractivity contribution < 1.29 is 29.3 Å². The Morgan fingerprint density at radius 1 is 0.618 bits per heavy atom. The van der Waals surface area contributed by atoms with Crippen LogP contribution in [0.15, 0.2) is 23.1 Å². The summed E-state index contributed by atoms with van der Waals surface area (Å²) in [5.41, 5.74) is -1.02. The number of benzene rings is 1. The molecule has 192 valence electrons. The van der Waals surface area contributed by atoms with Gasteiger partial charge >= 0.3 is 19.5 Å². The Morgan fingerprint density at radius 3 is 1.41 bits per heavy atom. The zero-order chi connectivity index (χ0) is 24.2. The second-order valence-electron chi connectivity index (χ2n) is 9.63. The fraction of sp³-hybridized carbons (Fsp3) is 0.786. The molecular formula is C28H49O2PS2Zn. The quantitative estimate of drug-likeness (QED) is 0.0784. The third-order valence-electron chi connectivity index (χ3n) is 6.49. The number of unbranched alkanes of at least 4 members (excludes halogenated alkanes) is 16. The van der Waals surface area contributed by atoms with E-state index in [-0.39, 0.29) is 19.5 Å². The largest absolute Gasteiger partial charge is 2.00 e. The molecule has 0 N–H and O–H groups in total. The normalized spacial score (nSPS) is 11.5. The third-order valence-corrected chi connectivity index (χ3v) is 9.16. The van der Waals surface area contributed by atoms with E-state index in [9.17, 15) is 9.79 Å². The van der Waals surface area contributed by atoms with Gasteiger partial charge in [0, 0.05) is 4.90 Å². The Labute approximate surface area is 233 Å². The summed E-state index contributed by atoms with van der Waals surface area (Å²) < 4.78 is 0. The minimum absolute atomic E-state index is 0. The molecule has 0 aliphatic rings. The Balaban J connectivity index is 0.0000109. The van der Waals surface area contributed by atoms with E-state index in [2.05, 4.69) is 37.8 Å². The maximum Gasteiger partial charge on any atom is 2.00 e. The van der Waals surface area contributed by atoms with Crippen molar-refractivity contribution in [3.8, 4) is 0 Å². The Kier molecular flexibility index (Phi) is 23.4. The molecule has 0 radical (unpaired) electrons. The molecule has 0 saturated carbocycles. The molecule has 0 amide bonds. The molecule has 0 heterocycles. The van der Waals surface area contributed by atoms with Gasteiger partial charge in [-0.25, -0.2) is 0 Å². The Bertz CT molecular complexity index is 651. The Morgan fingerprint density at radius 2 is 1.00 bits per heavy atom. The number of hydrogen-bond acceptors (Lipinski definition) is 4.